The summed E-state index contributed by atoms with van der Waals surface area (Å²) in [6, 6.07) is 22.9. The molecule has 0 spiro atoms. The summed E-state index contributed by atoms with van der Waals surface area (Å²) in [5.41, 5.74) is 4.50. The van der Waals surface area contributed by atoms with E-state index in [4.69, 9.17) is 16.3 Å². The van der Waals surface area contributed by atoms with Crippen molar-refractivity contribution in [3.05, 3.63) is 105 Å². The summed E-state index contributed by atoms with van der Waals surface area (Å²) in [7, 11) is 0. The summed E-state index contributed by atoms with van der Waals surface area (Å²) in [5.74, 6) is -0.646. The van der Waals surface area contributed by atoms with Gasteiger partial charge in [-0.15, -0.1) is 0 Å². The number of nitrogens with one attached hydrogen (secondary N) is 1. The molecule has 0 amide bonds. The molecule has 0 aliphatic heterocycles. The summed E-state index contributed by atoms with van der Waals surface area (Å²) in [6.45, 7) is 5.90. The Balaban J connectivity index is 2.01. The van der Waals surface area contributed by atoms with E-state index in [1.54, 1.807) is 19.1 Å². The first-order valence-corrected chi connectivity index (χ1v) is 12.1. The Kier molecular flexibility index (Phi) is 7.25. The lowest BCUT2D eigenvalue weighted by Crippen LogP contribution is -2.22. The van der Waals surface area contributed by atoms with Gasteiger partial charge in [-0.3, -0.25) is 4.79 Å². The van der Waals surface area contributed by atoms with E-state index in [2.05, 4.69) is 4.98 Å². The largest absolute Gasteiger partial charge is 0.462 e. The number of aryl methyl sites for hydroxylation is 2. The zero-order chi connectivity index (χ0) is 24.2. The molecular formula is C28H24ClNO3S. The molecule has 0 radical (unpaired) electrons. The molecule has 34 heavy (non-hydrogen) atoms. The number of hydrogen-bond donors (Lipinski definition) is 1. The Morgan fingerprint density at radius 3 is 1.91 bits per heavy atom. The van der Waals surface area contributed by atoms with Gasteiger partial charge < -0.3 is 9.72 Å². The van der Waals surface area contributed by atoms with Gasteiger partial charge in [0.15, 0.2) is 0 Å². The highest BCUT2D eigenvalue weighted by Gasteiger charge is 2.25. The van der Waals surface area contributed by atoms with Gasteiger partial charge in [0.2, 0.25) is 5.43 Å². The molecule has 0 saturated heterocycles. The summed E-state index contributed by atoms with van der Waals surface area (Å²) in [5, 5.41) is 0.610. The quantitative estimate of drug-likeness (QED) is 0.288. The van der Waals surface area contributed by atoms with E-state index in [9.17, 15) is 9.59 Å². The van der Waals surface area contributed by atoms with Crippen LogP contribution < -0.4 is 5.43 Å². The van der Waals surface area contributed by atoms with Crippen LogP contribution in [0.5, 0.6) is 0 Å². The van der Waals surface area contributed by atoms with E-state index in [0.717, 1.165) is 27.1 Å². The first-order valence-electron chi connectivity index (χ1n) is 10.9. The van der Waals surface area contributed by atoms with Crippen molar-refractivity contribution in [2.75, 3.05) is 6.61 Å². The first-order chi connectivity index (χ1) is 16.4. The van der Waals surface area contributed by atoms with E-state index in [0.29, 0.717) is 21.3 Å². The smallest absolute Gasteiger partial charge is 0.344 e. The zero-order valence-electron chi connectivity index (χ0n) is 19.1. The Morgan fingerprint density at radius 1 is 0.853 bits per heavy atom. The lowest BCUT2D eigenvalue weighted by atomic mass is 10.0. The number of benzene rings is 3. The van der Waals surface area contributed by atoms with Gasteiger partial charge in [0.25, 0.3) is 0 Å². The Morgan fingerprint density at radius 2 is 1.38 bits per heavy atom. The number of H-pyrrole nitrogens is 1. The number of rotatable bonds is 6. The first kappa shape index (κ1) is 23.9. The Bertz CT molecular complexity index is 1380. The second kappa shape index (κ2) is 10.3. The van der Waals surface area contributed by atoms with Crippen molar-refractivity contribution in [2.24, 2.45) is 0 Å². The molecule has 172 valence electrons. The highest BCUT2D eigenvalue weighted by Crippen LogP contribution is 2.36. The standard InChI is InChI=1S/C28H24ClNO3S/c1-4-33-28(32)23-24(19-9-5-17(2)6-10-19)30-25(20-11-7-18(3)8-12-20)27(26(23)31)34-22-15-13-21(29)14-16-22/h5-16H,4H2,1-3H3,(H,30,31). The third-order valence-corrected chi connectivity index (χ3v) is 6.71. The molecule has 0 bridgehead atoms. The van der Waals surface area contributed by atoms with Gasteiger partial charge in [-0.1, -0.05) is 83.0 Å². The summed E-state index contributed by atoms with van der Waals surface area (Å²) in [4.78, 5) is 31.6. The molecule has 0 fully saturated rings. The van der Waals surface area contributed by atoms with Crippen LogP contribution in [0.4, 0.5) is 0 Å². The third kappa shape index (κ3) is 5.11. The van der Waals surface area contributed by atoms with Gasteiger partial charge in [-0.2, -0.15) is 0 Å². The molecule has 4 nitrogen and oxygen atoms in total. The highest BCUT2D eigenvalue weighted by atomic mass is 35.5. The molecule has 1 aromatic heterocycles. The molecule has 4 rings (SSSR count). The second-order valence-corrected chi connectivity index (χ2v) is 9.44. The second-order valence-electron chi connectivity index (χ2n) is 7.92. The number of carbonyl (C=O) groups excluding carboxylic acids is 1. The lowest BCUT2D eigenvalue weighted by molar-refractivity contribution is 0.0525. The van der Waals surface area contributed by atoms with Gasteiger partial charge in [-0.05, 0) is 56.2 Å². The summed E-state index contributed by atoms with van der Waals surface area (Å²) < 4.78 is 5.29. The van der Waals surface area contributed by atoms with Crippen LogP contribution in [0.1, 0.15) is 28.4 Å². The summed E-state index contributed by atoms with van der Waals surface area (Å²) in [6.07, 6.45) is 0. The number of aromatic nitrogens is 1. The van der Waals surface area contributed by atoms with Crippen LogP contribution in [-0.4, -0.2) is 17.6 Å². The summed E-state index contributed by atoms with van der Waals surface area (Å²) >= 11 is 7.35. The topological polar surface area (TPSA) is 59.2 Å². The third-order valence-electron chi connectivity index (χ3n) is 5.35. The van der Waals surface area contributed by atoms with Gasteiger partial charge in [-0.25, -0.2) is 4.79 Å². The zero-order valence-corrected chi connectivity index (χ0v) is 20.7. The Labute approximate surface area is 208 Å². The SMILES string of the molecule is CCOC(=O)c1c(-c2ccc(C)cc2)[nH]c(-c2ccc(C)cc2)c(Sc2ccc(Cl)cc2)c1=O. The molecule has 4 aromatic rings. The van der Waals surface area contributed by atoms with Crippen molar-refractivity contribution >= 4 is 29.3 Å². The van der Waals surface area contributed by atoms with Crippen molar-refractivity contribution in [3.8, 4) is 22.5 Å². The fourth-order valence-corrected chi connectivity index (χ4v) is 4.66. The van der Waals surface area contributed by atoms with Gasteiger partial charge in [0.1, 0.15) is 5.56 Å². The molecular weight excluding hydrogens is 466 g/mol. The van der Waals surface area contributed by atoms with E-state index in [-0.39, 0.29) is 17.6 Å². The minimum Gasteiger partial charge on any atom is -0.462 e. The van der Waals surface area contributed by atoms with Gasteiger partial charge in [0.05, 0.1) is 22.9 Å². The van der Waals surface area contributed by atoms with E-state index in [1.165, 1.54) is 11.8 Å². The van der Waals surface area contributed by atoms with Crippen LogP contribution in [0.3, 0.4) is 0 Å². The van der Waals surface area contributed by atoms with E-state index in [1.807, 2.05) is 74.5 Å². The number of halogens is 1. The maximum Gasteiger partial charge on any atom is 0.344 e. The average molecular weight is 490 g/mol. The van der Waals surface area contributed by atoms with Gasteiger partial charge in [0, 0.05) is 9.92 Å². The number of hydrogen-bond acceptors (Lipinski definition) is 4. The number of pyridine rings is 1. The predicted molar refractivity (Wildman–Crippen MR) is 139 cm³/mol. The molecule has 0 saturated carbocycles. The number of aromatic amines is 1. The average Bonchev–Trinajstić information content (AvgIpc) is 2.82. The van der Waals surface area contributed by atoms with Crippen LogP contribution in [0.15, 0.2) is 87.4 Å². The van der Waals surface area contributed by atoms with Crippen molar-refractivity contribution in [1.29, 1.82) is 0 Å². The monoisotopic (exact) mass is 489 g/mol. The van der Waals surface area contributed by atoms with Crippen molar-refractivity contribution < 1.29 is 9.53 Å². The molecule has 1 heterocycles. The highest BCUT2D eigenvalue weighted by molar-refractivity contribution is 7.99. The van der Waals surface area contributed by atoms with Crippen LogP contribution in [0, 0.1) is 13.8 Å². The molecule has 3 aromatic carbocycles. The molecule has 1 N–H and O–H groups in total. The predicted octanol–water partition coefficient (Wildman–Crippen LogP) is 7.31. The number of carbonyl (C=O) groups is 1. The van der Waals surface area contributed by atoms with Crippen molar-refractivity contribution in [2.45, 2.75) is 30.6 Å². The van der Waals surface area contributed by atoms with Gasteiger partial charge >= 0.3 is 5.97 Å². The molecule has 0 atom stereocenters. The van der Waals surface area contributed by atoms with E-state index < -0.39 is 5.97 Å². The molecule has 0 aliphatic carbocycles. The molecule has 0 aliphatic rings. The van der Waals surface area contributed by atoms with Crippen LogP contribution in [0.25, 0.3) is 22.5 Å². The van der Waals surface area contributed by atoms with Crippen molar-refractivity contribution in [1.82, 2.24) is 4.98 Å². The maximum atomic E-state index is 13.9. The fraction of sp³-hybridized carbons (Fsp3) is 0.143. The van der Waals surface area contributed by atoms with E-state index >= 15 is 0 Å². The maximum absolute atomic E-state index is 13.9. The number of esters is 1. The fourth-order valence-electron chi connectivity index (χ4n) is 3.56. The minimum absolute atomic E-state index is 0.00183. The molecule has 0 unspecified atom stereocenters. The lowest BCUT2D eigenvalue weighted by Gasteiger charge is -2.16. The van der Waals surface area contributed by atoms with Crippen LogP contribution >= 0.6 is 23.4 Å². The Hall–Kier alpha value is -3.28. The normalized spacial score (nSPS) is 10.8. The van der Waals surface area contributed by atoms with Crippen LogP contribution in [0.2, 0.25) is 5.02 Å². The number of ether oxygens (including phenoxy) is 1. The van der Waals surface area contributed by atoms with Crippen LogP contribution in [-0.2, 0) is 4.74 Å². The minimum atomic E-state index is -0.646. The van der Waals surface area contributed by atoms with Crippen molar-refractivity contribution in [3.63, 3.8) is 0 Å². The molecule has 6 heteroatoms.